The van der Waals surface area contributed by atoms with Crippen molar-refractivity contribution < 1.29 is 14.1 Å². The average Bonchev–Trinajstić information content (AvgIpc) is 2.83. The summed E-state index contributed by atoms with van der Waals surface area (Å²) in [7, 11) is 0. The van der Waals surface area contributed by atoms with Gasteiger partial charge in [-0.2, -0.15) is 5.10 Å². The summed E-state index contributed by atoms with van der Waals surface area (Å²) in [6, 6.07) is 2.64. The maximum atomic E-state index is 10.7. The molecule has 1 aromatic rings. The Morgan fingerprint density at radius 1 is 1.62 bits per heavy atom. The summed E-state index contributed by atoms with van der Waals surface area (Å²) in [6.45, 7) is 0.0688. The highest BCUT2D eigenvalue weighted by molar-refractivity contribution is 5.92. The van der Waals surface area contributed by atoms with Crippen LogP contribution in [0, 0.1) is 10.1 Å². The van der Waals surface area contributed by atoms with Gasteiger partial charge in [0.15, 0.2) is 5.76 Å². The highest BCUT2D eigenvalue weighted by atomic mass is 16.6. The highest BCUT2D eigenvalue weighted by Gasteiger charge is 2.13. The van der Waals surface area contributed by atoms with Crippen LogP contribution in [0.3, 0.4) is 0 Å². The zero-order valence-corrected chi connectivity index (χ0v) is 7.94. The van der Waals surface area contributed by atoms with E-state index in [1.807, 2.05) is 0 Å². The first-order chi connectivity index (χ1) is 7.65. The summed E-state index contributed by atoms with van der Waals surface area (Å²) in [5.74, 6) is -0.408. The molecule has 0 saturated carbocycles. The summed E-state index contributed by atoms with van der Waals surface area (Å²) < 4.78 is 4.83. The molecule has 0 spiro atoms. The zero-order chi connectivity index (χ0) is 11.5. The Hall–Kier alpha value is -2.51. The fourth-order valence-corrected chi connectivity index (χ4v) is 1.06. The molecule has 0 aliphatic carbocycles. The van der Waals surface area contributed by atoms with Crippen molar-refractivity contribution in [3.05, 3.63) is 28.0 Å². The first-order valence-corrected chi connectivity index (χ1v) is 4.27. The van der Waals surface area contributed by atoms with E-state index >= 15 is 0 Å². The van der Waals surface area contributed by atoms with Crippen molar-refractivity contribution in [3.63, 3.8) is 0 Å². The van der Waals surface area contributed by atoms with E-state index in [4.69, 9.17) is 4.42 Å². The number of aliphatic imine (C=N–C) groups is 1. The van der Waals surface area contributed by atoms with Crippen LogP contribution >= 0.6 is 0 Å². The molecule has 8 heteroatoms. The van der Waals surface area contributed by atoms with Crippen LogP contribution in [0.1, 0.15) is 5.76 Å². The molecule has 0 bridgehead atoms. The van der Waals surface area contributed by atoms with Gasteiger partial charge in [0.25, 0.3) is 5.91 Å². The minimum atomic E-state index is -0.641. The number of amides is 1. The molecule has 1 aromatic heterocycles. The third kappa shape index (κ3) is 2.11. The Morgan fingerprint density at radius 2 is 2.44 bits per heavy atom. The molecule has 0 saturated heterocycles. The molecule has 1 amide bonds. The molecular formula is C8H6N4O4. The maximum absolute atomic E-state index is 10.7. The molecule has 1 aliphatic heterocycles. The average molecular weight is 222 g/mol. The van der Waals surface area contributed by atoms with Crippen molar-refractivity contribution in [2.75, 3.05) is 6.54 Å². The standard InChI is InChI=1S/C8H6N4O4/c13-7-4-11(5-9-7)10-3-6-1-2-8(16-6)12(14)15/h1-3,5H,4H2. The molecule has 1 aliphatic rings. The number of nitrogens with zero attached hydrogens (tertiary/aromatic N) is 4. The lowest BCUT2D eigenvalue weighted by molar-refractivity contribution is -0.402. The largest absolute Gasteiger partial charge is 0.433 e. The number of rotatable bonds is 3. The van der Waals surface area contributed by atoms with Gasteiger partial charge in [0.2, 0.25) is 0 Å². The lowest BCUT2D eigenvalue weighted by Gasteiger charge is -2.01. The number of hydrogen-bond donors (Lipinski definition) is 0. The van der Waals surface area contributed by atoms with Crippen molar-refractivity contribution in [1.29, 1.82) is 0 Å². The first-order valence-electron chi connectivity index (χ1n) is 4.27. The van der Waals surface area contributed by atoms with Gasteiger partial charge >= 0.3 is 5.88 Å². The van der Waals surface area contributed by atoms with Crippen LogP contribution in [0.5, 0.6) is 0 Å². The van der Waals surface area contributed by atoms with Crippen molar-refractivity contribution in [2.24, 2.45) is 10.1 Å². The molecule has 16 heavy (non-hydrogen) atoms. The van der Waals surface area contributed by atoms with Crippen molar-refractivity contribution in [1.82, 2.24) is 5.01 Å². The molecule has 0 N–H and O–H groups in total. The van der Waals surface area contributed by atoms with Crippen LogP contribution in [-0.2, 0) is 4.79 Å². The van der Waals surface area contributed by atoms with E-state index in [-0.39, 0.29) is 24.1 Å². The van der Waals surface area contributed by atoms with Gasteiger partial charge in [0.1, 0.15) is 17.8 Å². The van der Waals surface area contributed by atoms with E-state index in [9.17, 15) is 14.9 Å². The second kappa shape index (κ2) is 3.93. The second-order valence-corrected chi connectivity index (χ2v) is 2.91. The summed E-state index contributed by atoms with van der Waals surface area (Å²) in [6.07, 6.45) is 2.55. The van der Waals surface area contributed by atoms with E-state index in [0.29, 0.717) is 0 Å². The minimum Gasteiger partial charge on any atom is -0.400 e. The Bertz CT molecular complexity index is 490. The molecule has 2 rings (SSSR count). The Kier molecular flexibility index (Phi) is 2.46. The summed E-state index contributed by atoms with van der Waals surface area (Å²) in [5, 5.41) is 15.4. The fraction of sp³-hybridized carbons (Fsp3) is 0.125. The number of furan rings is 1. The van der Waals surface area contributed by atoms with Gasteiger partial charge in [-0.3, -0.25) is 14.9 Å². The molecule has 0 fully saturated rings. The number of carbonyl (C=O) groups is 1. The van der Waals surface area contributed by atoms with Crippen LogP contribution in [0.25, 0.3) is 0 Å². The van der Waals surface area contributed by atoms with Crippen LogP contribution in [0.2, 0.25) is 0 Å². The van der Waals surface area contributed by atoms with Crippen LogP contribution in [-0.4, -0.2) is 34.9 Å². The Labute approximate surface area is 89.0 Å². The molecule has 82 valence electrons. The smallest absolute Gasteiger partial charge is 0.400 e. The second-order valence-electron chi connectivity index (χ2n) is 2.91. The number of hydrazone groups is 1. The van der Waals surface area contributed by atoms with E-state index in [1.165, 1.54) is 29.7 Å². The van der Waals surface area contributed by atoms with Gasteiger partial charge in [-0.25, -0.2) is 10.0 Å². The van der Waals surface area contributed by atoms with E-state index in [2.05, 4.69) is 10.1 Å². The van der Waals surface area contributed by atoms with Gasteiger partial charge in [-0.05, 0) is 6.07 Å². The third-order valence-electron chi connectivity index (χ3n) is 1.76. The van der Waals surface area contributed by atoms with Crippen molar-refractivity contribution in [2.45, 2.75) is 0 Å². The van der Waals surface area contributed by atoms with Gasteiger partial charge < -0.3 is 4.42 Å². The van der Waals surface area contributed by atoms with Gasteiger partial charge in [0.05, 0.1) is 12.3 Å². The molecule has 0 unspecified atom stereocenters. The van der Waals surface area contributed by atoms with E-state index in [1.54, 1.807) is 0 Å². The maximum Gasteiger partial charge on any atom is 0.433 e. The molecule has 8 nitrogen and oxygen atoms in total. The minimum absolute atomic E-state index is 0.0688. The molecule has 0 radical (unpaired) electrons. The first kappa shape index (κ1) is 10.0. The normalized spacial score (nSPS) is 15.2. The van der Waals surface area contributed by atoms with E-state index < -0.39 is 4.92 Å². The van der Waals surface area contributed by atoms with Crippen LogP contribution in [0.4, 0.5) is 5.88 Å². The van der Waals surface area contributed by atoms with Gasteiger partial charge in [-0.1, -0.05) is 0 Å². The highest BCUT2D eigenvalue weighted by Crippen LogP contribution is 2.13. The van der Waals surface area contributed by atoms with Gasteiger partial charge in [-0.15, -0.1) is 0 Å². The number of nitro groups is 1. The molecule has 0 aromatic carbocycles. The summed E-state index contributed by atoms with van der Waals surface area (Å²) >= 11 is 0. The molecular weight excluding hydrogens is 216 g/mol. The van der Waals surface area contributed by atoms with E-state index in [0.717, 1.165) is 0 Å². The molecule has 0 atom stereocenters. The fourth-order valence-electron chi connectivity index (χ4n) is 1.06. The summed E-state index contributed by atoms with van der Waals surface area (Å²) in [4.78, 5) is 23.9. The van der Waals surface area contributed by atoms with Crippen molar-refractivity contribution >= 4 is 24.3 Å². The lowest BCUT2D eigenvalue weighted by atomic mass is 10.5. The third-order valence-corrected chi connectivity index (χ3v) is 1.76. The quantitative estimate of drug-likeness (QED) is 0.418. The Balaban J connectivity index is 2.03. The summed E-state index contributed by atoms with van der Waals surface area (Å²) in [5.41, 5.74) is 0. The Morgan fingerprint density at radius 3 is 3.00 bits per heavy atom. The topological polar surface area (TPSA) is 101 Å². The lowest BCUT2D eigenvalue weighted by Crippen LogP contribution is -2.14. The van der Waals surface area contributed by atoms with Gasteiger partial charge in [0, 0.05) is 0 Å². The predicted octanol–water partition coefficient (Wildman–Crippen LogP) is 0.392. The molecule has 2 heterocycles. The van der Waals surface area contributed by atoms with Crippen LogP contribution in [0.15, 0.2) is 26.6 Å². The zero-order valence-electron chi connectivity index (χ0n) is 7.94. The number of hydrogen-bond acceptors (Lipinski definition) is 6. The number of carbonyl (C=O) groups excluding carboxylic acids is 1. The monoisotopic (exact) mass is 222 g/mol. The SMILES string of the molecule is O=C1CN(N=Cc2ccc([N+](=O)[O-])o2)C=N1. The predicted molar refractivity (Wildman–Crippen MR) is 53.2 cm³/mol. The van der Waals surface area contributed by atoms with Crippen LogP contribution < -0.4 is 0 Å². The van der Waals surface area contributed by atoms with Crippen molar-refractivity contribution in [3.8, 4) is 0 Å².